The van der Waals surface area contributed by atoms with E-state index in [9.17, 15) is 9.90 Å². The molecule has 2 aromatic carbocycles. The van der Waals surface area contributed by atoms with Gasteiger partial charge in [0.15, 0.2) is 15.8 Å². The zero-order chi connectivity index (χ0) is 21.1. The molecule has 1 saturated carbocycles. The van der Waals surface area contributed by atoms with Gasteiger partial charge in [0, 0.05) is 34.2 Å². The van der Waals surface area contributed by atoms with Crippen LogP contribution >= 0.6 is 23.1 Å². The van der Waals surface area contributed by atoms with E-state index < -0.39 is 0 Å². The van der Waals surface area contributed by atoms with Crippen molar-refractivity contribution in [1.29, 1.82) is 0 Å². The van der Waals surface area contributed by atoms with Gasteiger partial charge in [-0.3, -0.25) is 0 Å². The maximum atomic E-state index is 12.9. The molecule has 3 aromatic rings. The molecule has 30 heavy (non-hydrogen) atoms. The Kier molecular flexibility index (Phi) is 6.15. The van der Waals surface area contributed by atoms with E-state index in [0.717, 1.165) is 39.0 Å². The van der Waals surface area contributed by atoms with Crippen LogP contribution in [0.1, 0.15) is 24.1 Å². The number of aromatic hydroxyl groups is 1. The number of nitrogens with zero attached hydrogens (tertiary/aromatic N) is 2. The predicted molar refractivity (Wildman–Crippen MR) is 120 cm³/mol. The van der Waals surface area contributed by atoms with Gasteiger partial charge in [-0.2, -0.15) is 0 Å². The zero-order valence-electron chi connectivity index (χ0n) is 16.8. The first kappa shape index (κ1) is 20.6. The molecule has 0 bridgehead atoms. The first-order chi connectivity index (χ1) is 14.5. The Labute approximate surface area is 183 Å². The second-order valence-electron chi connectivity index (χ2n) is 7.18. The van der Waals surface area contributed by atoms with Crippen molar-refractivity contribution < 1.29 is 14.6 Å². The second-order valence-corrected chi connectivity index (χ2v) is 9.36. The van der Waals surface area contributed by atoms with E-state index in [4.69, 9.17) is 4.74 Å². The van der Waals surface area contributed by atoms with Gasteiger partial charge in [-0.25, -0.2) is 9.78 Å². The molecule has 1 fully saturated rings. The van der Waals surface area contributed by atoms with Crippen LogP contribution in [0.25, 0.3) is 0 Å². The molecule has 0 aliphatic heterocycles. The van der Waals surface area contributed by atoms with Crippen LogP contribution in [0.5, 0.6) is 11.5 Å². The summed E-state index contributed by atoms with van der Waals surface area (Å²) in [6, 6.07) is 13.1. The van der Waals surface area contributed by atoms with Gasteiger partial charge in [-0.1, -0.05) is 17.8 Å². The molecule has 8 heteroatoms. The summed E-state index contributed by atoms with van der Waals surface area (Å²) in [6.07, 6.45) is 2.01. The number of hydrogen-bond donors (Lipinski definition) is 2. The van der Waals surface area contributed by atoms with Gasteiger partial charge in [0.05, 0.1) is 7.11 Å². The molecule has 2 N–H and O–H groups in total. The van der Waals surface area contributed by atoms with Crippen LogP contribution < -0.4 is 10.1 Å². The molecule has 156 valence electrons. The molecular weight excluding hydrogens is 418 g/mol. The number of carbonyl (C=O) groups excluding carboxylic acids is 1. The molecule has 0 spiro atoms. The number of urea groups is 1. The van der Waals surface area contributed by atoms with Crippen molar-refractivity contribution in [1.82, 2.24) is 9.88 Å². The van der Waals surface area contributed by atoms with Gasteiger partial charge >= 0.3 is 6.03 Å². The lowest BCUT2D eigenvalue weighted by Gasteiger charge is -2.23. The fourth-order valence-electron chi connectivity index (χ4n) is 3.05. The van der Waals surface area contributed by atoms with Crippen LogP contribution in [-0.4, -0.2) is 34.2 Å². The molecular formula is C22H23N3O3S2. The summed E-state index contributed by atoms with van der Waals surface area (Å²) in [7, 11) is 1.52. The second kappa shape index (κ2) is 8.97. The number of thiazole rings is 1. The zero-order valence-corrected chi connectivity index (χ0v) is 18.4. The quantitative estimate of drug-likeness (QED) is 0.505. The number of ether oxygens (including phenoxy) is 1. The Bertz CT molecular complexity index is 1030. The van der Waals surface area contributed by atoms with Crippen LogP contribution in [0.4, 0.5) is 10.5 Å². The average molecular weight is 442 g/mol. The normalized spacial score (nSPS) is 13.1. The van der Waals surface area contributed by atoms with Crippen molar-refractivity contribution >= 4 is 34.8 Å². The third-order valence-electron chi connectivity index (χ3n) is 4.75. The number of benzene rings is 2. The topological polar surface area (TPSA) is 74.7 Å². The molecule has 2 amide bonds. The number of anilines is 1. The van der Waals surface area contributed by atoms with Crippen molar-refractivity contribution in [2.75, 3.05) is 12.4 Å². The number of aromatic nitrogens is 1. The standard InChI is InChI=1S/C22H23N3O3S2/c1-14-13-29-22(23-14)30-18-8-4-16(5-9-18)24-21(27)25(17-6-7-17)12-15-3-10-19(26)20(11-15)28-2/h3-5,8-11,13,17,26H,6-7,12H2,1-2H3,(H,24,27). The van der Waals surface area contributed by atoms with E-state index >= 15 is 0 Å². The summed E-state index contributed by atoms with van der Waals surface area (Å²) < 4.78 is 6.19. The summed E-state index contributed by atoms with van der Waals surface area (Å²) in [6.45, 7) is 2.45. The third-order valence-corrected chi connectivity index (χ3v) is 6.82. The van der Waals surface area contributed by atoms with Crippen LogP contribution in [-0.2, 0) is 6.54 Å². The number of carbonyl (C=O) groups is 1. The van der Waals surface area contributed by atoms with Gasteiger partial charge in [0.25, 0.3) is 0 Å². The molecule has 4 rings (SSSR count). The Morgan fingerprint density at radius 3 is 2.70 bits per heavy atom. The molecule has 1 aliphatic rings. The van der Waals surface area contributed by atoms with Crippen molar-refractivity contribution in [2.24, 2.45) is 0 Å². The predicted octanol–water partition coefficient (Wildman–Crippen LogP) is 5.51. The van der Waals surface area contributed by atoms with Gasteiger partial charge in [-0.15, -0.1) is 11.3 Å². The van der Waals surface area contributed by atoms with Crippen LogP contribution in [0.15, 0.2) is 57.1 Å². The maximum absolute atomic E-state index is 12.9. The number of aryl methyl sites for hydroxylation is 1. The highest BCUT2D eigenvalue weighted by atomic mass is 32.2. The Balaban J connectivity index is 1.40. The molecule has 0 saturated heterocycles. The third kappa shape index (κ3) is 5.06. The van der Waals surface area contributed by atoms with Gasteiger partial charge in [0.2, 0.25) is 0 Å². The molecule has 1 heterocycles. The van der Waals surface area contributed by atoms with E-state index in [0.29, 0.717) is 12.3 Å². The summed E-state index contributed by atoms with van der Waals surface area (Å²) in [4.78, 5) is 20.3. The van der Waals surface area contributed by atoms with Crippen molar-refractivity contribution in [3.8, 4) is 11.5 Å². The lowest BCUT2D eigenvalue weighted by Crippen LogP contribution is -2.36. The van der Waals surface area contributed by atoms with Crippen LogP contribution in [0.3, 0.4) is 0 Å². The minimum absolute atomic E-state index is 0.0922. The molecule has 1 aromatic heterocycles. The van der Waals surface area contributed by atoms with E-state index in [1.807, 2.05) is 47.5 Å². The summed E-state index contributed by atoms with van der Waals surface area (Å²) >= 11 is 3.24. The Morgan fingerprint density at radius 2 is 2.07 bits per heavy atom. The van der Waals surface area contributed by atoms with E-state index in [1.54, 1.807) is 35.2 Å². The fourth-order valence-corrected chi connectivity index (χ4v) is 4.86. The lowest BCUT2D eigenvalue weighted by atomic mass is 10.2. The Morgan fingerprint density at radius 1 is 1.30 bits per heavy atom. The van der Waals surface area contributed by atoms with E-state index in [2.05, 4.69) is 10.3 Å². The number of phenols is 1. The average Bonchev–Trinajstić information content (AvgIpc) is 3.50. The van der Waals surface area contributed by atoms with Crippen molar-refractivity contribution in [2.45, 2.75) is 41.6 Å². The van der Waals surface area contributed by atoms with Gasteiger partial charge < -0.3 is 20.1 Å². The lowest BCUT2D eigenvalue weighted by molar-refractivity contribution is 0.206. The maximum Gasteiger partial charge on any atom is 0.322 e. The van der Waals surface area contributed by atoms with E-state index in [1.165, 1.54) is 7.11 Å². The summed E-state index contributed by atoms with van der Waals surface area (Å²) in [5.74, 6) is 0.502. The first-order valence-electron chi connectivity index (χ1n) is 9.65. The Hall–Kier alpha value is -2.71. The largest absolute Gasteiger partial charge is 0.504 e. The SMILES string of the molecule is COc1cc(CN(C(=O)Nc2ccc(Sc3nc(C)cs3)cc2)C2CC2)ccc1O. The fraction of sp³-hybridized carbons (Fsp3) is 0.273. The minimum Gasteiger partial charge on any atom is -0.504 e. The number of phenolic OH excluding ortho intramolecular Hbond substituents is 1. The minimum atomic E-state index is -0.125. The number of hydrogen-bond acceptors (Lipinski definition) is 6. The first-order valence-corrected chi connectivity index (χ1v) is 11.3. The highest BCUT2D eigenvalue weighted by molar-refractivity contribution is 8.01. The van der Waals surface area contributed by atoms with Crippen LogP contribution in [0, 0.1) is 6.92 Å². The molecule has 1 aliphatic carbocycles. The monoisotopic (exact) mass is 441 g/mol. The van der Waals surface area contributed by atoms with Crippen LogP contribution in [0.2, 0.25) is 0 Å². The van der Waals surface area contributed by atoms with Crippen molar-refractivity contribution in [3.05, 3.63) is 59.1 Å². The van der Waals surface area contributed by atoms with Gasteiger partial charge in [-0.05, 0) is 61.7 Å². The molecule has 0 unspecified atom stereocenters. The van der Waals surface area contributed by atoms with Gasteiger partial charge in [0.1, 0.15) is 0 Å². The molecule has 0 radical (unpaired) electrons. The highest BCUT2D eigenvalue weighted by Gasteiger charge is 2.32. The smallest absolute Gasteiger partial charge is 0.322 e. The summed E-state index contributed by atoms with van der Waals surface area (Å²) in [5, 5.41) is 14.8. The molecule has 6 nitrogen and oxygen atoms in total. The summed E-state index contributed by atoms with van der Waals surface area (Å²) in [5.41, 5.74) is 2.70. The number of nitrogens with one attached hydrogen (secondary N) is 1. The highest BCUT2D eigenvalue weighted by Crippen LogP contribution is 2.33. The number of amides is 2. The molecule has 0 atom stereocenters. The van der Waals surface area contributed by atoms with E-state index in [-0.39, 0.29) is 17.8 Å². The number of rotatable bonds is 7. The van der Waals surface area contributed by atoms with Crippen molar-refractivity contribution in [3.63, 3.8) is 0 Å². The number of methoxy groups -OCH3 is 1.